The number of hydrogen-bond acceptors (Lipinski definition) is 6. The van der Waals surface area contributed by atoms with Gasteiger partial charge in [-0.3, -0.25) is 9.59 Å². The molecule has 0 unspecified atom stereocenters. The van der Waals surface area contributed by atoms with E-state index in [9.17, 15) is 14.9 Å². The van der Waals surface area contributed by atoms with Crippen molar-refractivity contribution >= 4 is 18.0 Å². The van der Waals surface area contributed by atoms with Gasteiger partial charge in [0.25, 0.3) is 11.8 Å². The lowest BCUT2D eigenvalue weighted by molar-refractivity contribution is -0.130. The summed E-state index contributed by atoms with van der Waals surface area (Å²) < 4.78 is 11.4. The Kier molecular flexibility index (Phi) is 10.4. The van der Waals surface area contributed by atoms with Crippen LogP contribution in [0.1, 0.15) is 42.5 Å². The molecule has 3 rings (SSSR count). The molecule has 1 atom stereocenters. The SMILES string of the molecule is Cc1ccccc1OCC(=O)N[C@@H](CC(C)C)C(=O)N/N=C\c1ccc(OCc2ccccc2C#N)cc1. The molecule has 38 heavy (non-hydrogen) atoms. The molecule has 8 nitrogen and oxygen atoms in total. The highest BCUT2D eigenvalue weighted by Gasteiger charge is 2.22. The lowest BCUT2D eigenvalue weighted by atomic mass is 10.0. The largest absolute Gasteiger partial charge is 0.489 e. The first-order chi connectivity index (χ1) is 18.4. The number of nitrogens with one attached hydrogen (secondary N) is 2. The number of para-hydroxylation sites is 1. The average molecular weight is 513 g/mol. The molecule has 2 N–H and O–H groups in total. The Morgan fingerprint density at radius 1 is 1.00 bits per heavy atom. The molecule has 3 aromatic rings. The fourth-order valence-corrected chi connectivity index (χ4v) is 3.62. The van der Waals surface area contributed by atoms with E-state index in [2.05, 4.69) is 21.9 Å². The Labute approximate surface area is 223 Å². The zero-order valence-electron chi connectivity index (χ0n) is 21.8. The predicted octanol–water partition coefficient (Wildman–Crippen LogP) is 4.51. The van der Waals surface area contributed by atoms with Gasteiger partial charge >= 0.3 is 0 Å². The fraction of sp³-hybridized carbons (Fsp3) is 0.267. The molecule has 0 heterocycles. The van der Waals surface area contributed by atoms with Crippen LogP contribution in [0.5, 0.6) is 11.5 Å². The number of hydrazone groups is 1. The summed E-state index contributed by atoms with van der Waals surface area (Å²) in [6.07, 6.45) is 1.97. The van der Waals surface area contributed by atoms with E-state index in [0.29, 0.717) is 23.5 Å². The Morgan fingerprint density at radius 3 is 2.42 bits per heavy atom. The quantitative estimate of drug-likeness (QED) is 0.274. The van der Waals surface area contributed by atoms with Crippen molar-refractivity contribution < 1.29 is 19.1 Å². The molecule has 0 aliphatic heterocycles. The van der Waals surface area contributed by atoms with E-state index in [-0.39, 0.29) is 25.0 Å². The second-order valence-electron chi connectivity index (χ2n) is 9.16. The summed E-state index contributed by atoms with van der Waals surface area (Å²) in [5.41, 5.74) is 5.59. The monoisotopic (exact) mass is 512 g/mol. The first kappa shape index (κ1) is 27.9. The minimum atomic E-state index is -0.743. The van der Waals surface area contributed by atoms with Crippen LogP contribution in [-0.4, -0.2) is 30.7 Å². The molecule has 2 amide bonds. The van der Waals surface area contributed by atoms with E-state index in [1.165, 1.54) is 6.21 Å². The van der Waals surface area contributed by atoms with Crippen LogP contribution < -0.4 is 20.2 Å². The van der Waals surface area contributed by atoms with Crippen LogP contribution in [0.4, 0.5) is 0 Å². The third-order valence-corrected chi connectivity index (χ3v) is 5.61. The number of aryl methyl sites for hydroxylation is 1. The average Bonchev–Trinajstić information content (AvgIpc) is 2.91. The van der Waals surface area contributed by atoms with Gasteiger partial charge in [-0.05, 0) is 66.8 Å². The van der Waals surface area contributed by atoms with Gasteiger partial charge < -0.3 is 14.8 Å². The normalized spacial score (nSPS) is 11.6. The van der Waals surface area contributed by atoms with Crippen molar-refractivity contribution in [3.05, 3.63) is 95.1 Å². The molecule has 0 aliphatic rings. The molecule has 8 heteroatoms. The van der Waals surface area contributed by atoms with E-state index in [0.717, 1.165) is 16.7 Å². The van der Waals surface area contributed by atoms with Gasteiger partial charge in [0.05, 0.1) is 17.8 Å². The Bertz CT molecular complexity index is 1300. The second kappa shape index (κ2) is 14.2. The van der Waals surface area contributed by atoms with Gasteiger partial charge in [0, 0.05) is 5.56 Å². The van der Waals surface area contributed by atoms with Gasteiger partial charge in [-0.1, -0.05) is 50.2 Å². The molecule has 3 aromatic carbocycles. The second-order valence-corrected chi connectivity index (χ2v) is 9.16. The van der Waals surface area contributed by atoms with Gasteiger partial charge in [0.15, 0.2) is 6.61 Å². The molecule has 0 saturated heterocycles. The maximum atomic E-state index is 12.7. The molecular formula is C30H32N4O4. The Morgan fingerprint density at radius 2 is 1.71 bits per heavy atom. The zero-order chi connectivity index (χ0) is 27.3. The smallest absolute Gasteiger partial charge is 0.262 e. The standard InChI is InChI=1S/C30H32N4O4/c1-21(2)16-27(33-29(35)20-38-28-11-7-4-8-22(28)3)30(36)34-32-18-23-12-14-26(15-13-23)37-19-25-10-6-5-9-24(25)17-31/h4-15,18,21,27H,16,19-20H2,1-3H3,(H,33,35)(H,34,36)/b32-18-/t27-/m0/s1. The maximum absolute atomic E-state index is 12.7. The predicted molar refractivity (Wildman–Crippen MR) is 146 cm³/mol. The Balaban J connectivity index is 1.50. The van der Waals surface area contributed by atoms with E-state index >= 15 is 0 Å². The number of amides is 2. The third-order valence-electron chi connectivity index (χ3n) is 5.61. The van der Waals surface area contributed by atoms with Gasteiger partial charge in [-0.2, -0.15) is 10.4 Å². The van der Waals surface area contributed by atoms with E-state index < -0.39 is 11.9 Å². The van der Waals surface area contributed by atoms with Crippen molar-refractivity contribution in [2.45, 2.75) is 39.8 Å². The molecule has 0 saturated carbocycles. The van der Waals surface area contributed by atoms with Crippen LogP contribution in [0.2, 0.25) is 0 Å². The topological polar surface area (TPSA) is 113 Å². The van der Waals surface area contributed by atoms with Crippen LogP contribution in [0.25, 0.3) is 0 Å². The van der Waals surface area contributed by atoms with Crippen LogP contribution in [0, 0.1) is 24.2 Å². The molecule has 0 aliphatic carbocycles. The summed E-state index contributed by atoms with van der Waals surface area (Å²) in [6, 6.07) is 23.3. The van der Waals surface area contributed by atoms with Crippen molar-refractivity contribution in [1.82, 2.24) is 10.7 Å². The number of carbonyl (C=O) groups is 2. The minimum absolute atomic E-state index is 0.181. The highest BCUT2D eigenvalue weighted by Crippen LogP contribution is 2.17. The zero-order valence-corrected chi connectivity index (χ0v) is 21.8. The summed E-state index contributed by atoms with van der Waals surface area (Å²) in [7, 11) is 0. The summed E-state index contributed by atoms with van der Waals surface area (Å²) in [4.78, 5) is 25.2. The van der Waals surface area contributed by atoms with E-state index in [1.807, 2.05) is 57.2 Å². The Hall–Kier alpha value is -4.64. The van der Waals surface area contributed by atoms with Crippen LogP contribution in [0.15, 0.2) is 77.9 Å². The molecule has 0 aromatic heterocycles. The van der Waals surface area contributed by atoms with Crippen LogP contribution in [0.3, 0.4) is 0 Å². The number of carbonyl (C=O) groups excluding carboxylic acids is 2. The fourth-order valence-electron chi connectivity index (χ4n) is 3.62. The summed E-state index contributed by atoms with van der Waals surface area (Å²) in [5, 5.41) is 16.0. The van der Waals surface area contributed by atoms with Gasteiger partial charge in [0.2, 0.25) is 0 Å². The number of benzene rings is 3. The van der Waals surface area contributed by atoms with Crippen molar-refractivity contribution in [3.8, 4) is 17.6 Å². The molecular weight excluding hydrogens is 480 g/mol. The summed E-state index contributed by atoms with van der Waals surface area (Å²) >= 11 is 0. The lowest BCUT2D eigenvalue weighted by Gasteiger charge is -2.19. The van der Waals surface area contributed by atoms with Gasteiger partial charge in [0.1, 0.15) is 24.1 Å². The van der Waals surface area contributed by atoms with Crippen molar-refractivity contribution in [2.75, 3.05) is 6.61 Å². The van der Waals surface area contributed by atoms with Gasteiger partial charge in [-0.25, -0.2) is 5.43 Å². The van der Waals surface area contributed by atoms with Crippen molar-refractivity contribution in [1.29, 1.82) is 5.26 Å². The van der Waals surface area contributed by atoms with Gasteiger partial charge in [-0.15, -0.1) is 0 Å². The lowest BCUT2D eigenvalue weighted by Crippen LogP contribution is -2.47. The summed E-state index contributed by atoms with van der Waals surface area (Å²) in [6.45, 7) is 5.94. The minimum Gasteiger partial charge on any atom is -0.489 e. The molecule has 0 radical (unpaired) electrons. The number of ether oxygens (including phenoxy) is 2. The maximum Gasteiger partial charge on any atom is 0.262 e. The molecule has 0 bridgehead atoms. The highest BCUT2D eigenvalue weighted by atomic mass is 16.5. The van der Waals surface area contributed by atoms with Crippen molar-refractivity contribution in [2.24, 2.45) is 11.0 Å². The number of nitriles is 1. The first-order valence-electron chi connectivity index (χ1n) is 12.4. The van der Waals surface area contributed by atoms with Crippen molar-refractivity contribution in [3.63, 3.8) is 0 Å². The number of rotatable bonds is 12. The molecule has 196 valence electrons. The first-order valence-corrected chi connectivity index (χ1v) is 12.4. The number of nitrogens with zero attached hydrogens (tertiary/aromatic N) is 2. The van der Waals surface area contributed by atoms with Crippen LogP contribution in [-0.2, 0) is 16.2 Å². The van der Waals surface area contributed by atoms with E-state index in [1.54, 1.807) is 36.4 Å². The van der Waals surface area contributed by atoms with E-state index in [4.69, 9.17) is 9.47 Å². The summed E-state index contributed by atoms with van der Waals surface area (Å²) in [5.74, 6) is 0.661. The highest BCUT2D eigenvalue weighted by molar-refractivity contribution is 5.89. The van der Waals surface area contributed by atoms with Crippen LogP contribution >= 0.6 is 0 Å². The molecule has 0 spiro atoms. The molecule has 0 fully saturated rings. The third kappa shape index (κ3) is 8.79. The number of hydrogen-bond donors (Lipinski definition) is 2.